The molecule has 1 amide bonds. The lowest BCUT2D eigenvalue weighted by molar-refractivity contribution is -0.123. The van der Waals surface area contributed by atoms with E-state index >= 15 is 0 Å². The summed E-state index contributed by atoms with van der Waals surface area (Å²) in [7, 11) is 0. The van der Waals surface area contributed by atoms with Gasteiger partial charge in [0.25, 0.3) is 5.91 Å². The van der Waals surface area contributed by atoms with Gasteiger partial charge in [0.1, 0.15) is 10.7 Å². The van der Waals surface area contributed by atoms with Gasteiger partial charge in [-0.2, -0.15) is 0 Å². The number of anilines is 1. The van der Waals surface area contributed by atoms with Gasteiger partial charge < -0.3 is 10.1 Å². The first-order valence-electron chi connectivity index (χ1n) is 9.40. The largest absolute Gasteiger partial charge is 0.448 e. The Morgan fingerprint density at radius 3 is 2.60 bits per heavy atom. The number of aryl methyl sites for hydroxylation is 1. The first kappa shape index (κ1) is 19.7. The number of aromatic nitrogens is 2. The standard InChI is InChI=1S/C23H19N3O3S/c1-14-6-11-18-20(13-14)30-22(26-18)16-7-9-17(10-8-16)25-21(27)15(2)29-23(28)19-5-3-4-12-24-19/h3-13,15H,1-2H3,(H,25,27)/t15-/m0/s1. The quantitative estimate of drug-likeness (QED) is 0.470. The monoisotopic (exact) mass is 417 g/mol. The molecule has 0 aliphatic rings. The normalized spacial score (nSPS) is 11.8. The van der Waals surface area contributed by atoms with E-state index in [1.807, 2.05) is 24.3 Å². The lowest BCUT2D eigenvalue weighted by atomic mass is 10.2. The molecule has 6 nitrogen and oxygen atoms in total. The number of rotatable bonds is 5. The minimum atomic E-state index is -0.952. The van der Waals surface area contributed by atoms with Crippen LogP contribution in [0.2, 0.25) is 0 Å². The SMILES string of the molecule is Cc1ccc2nc(-c3ccc(NC(=O)[C@H](C)OC(=O)c4ccccn4)cc3)sc2c1. The summed E-state index contributed by atoms with van der Waals surface area (Å²) in [6.07, 6.45) is 0.543. The molecule has 2 heterocycles. The number of hydrogen-bond acceptors (Lipinski definition) is 6. The van der Waals surface area contributed by atoms with E-state index in [9.17, 15) is 9.59 Å². The lowest BCUT2D eigenvalue weighted by Crippen LogP contribution is -2.30. The van der Waals surface area contributed by atoms with Crippen molar-refractivity contribution in [3.05, 3.63) is 78.1 Å². The summed E-state index contributed by atoms with van der Waals surface area (Å²) in [5.41, 5.74) is 3.92. The van der Waals surface area contributed by atoms with Crippen molar-refractivity contribution in [2.75, 3.05) is 5.32 Å². The molecule has 0 saturated carbocycles. The van der Waals surface area contributed by atoms with Crippen molar-refractivity contribution in [1.29, 1.82) is 0 Å². The zero-order valence-corrected chi connectivity index (χ0v) is 17.3. The topological polar surface area (TPSA) is 81.2 Å². The van der Waals surface area contributed by atoms with E-state index in [1.54, 1.807) is 35.6 Å². The van der Waals surface area contributed by atoms with Crippen molar-refractivity contribution in [2.24, 2.45) is 0 Å². The maximum atomic E-state index is 12.4. The highest BCUT2D eigenvalue weighted by atomic mass is 32.1. The fourth-order valence-electron chi connectivity index (χ4n) is 2.85. The highest BCUT2D eigenvalue weighted by Gasteiger charge is 2.19. The van der Waals surface area contributed by atoms with Crippen LogP contribution >= 0.6 is 11.3 Å². The number of benzene rings is 2. The maximum Gasteiger partial charge on any atom is 0.357 e. The molecule has 0 aliphatic carbocycles. The number of thiazole rings is 1. The molecule has 0 saturated heterocycles. The molecule has 4 rings (SSSR count). The van der Waals surface area contributed by atoms with Crippen LogP contribution < -0.4 is 5.32 Å². The highest BCUT2D eigenvalue weighted by Crippen LogP contribution is 2.31. The Morgan fingerprint density at radius 1 is 1.07 bits per heavy atom. The summed E-state index contributed by atoms with van der Waals surface area (Å²) >= 11 is 1.63. The predicted molar refractivity (Wildman–Crippen MR) is 118 cm³/mol. The molecule has 1 atom stereocenters. The average Bonchev–Trinajstić information content (AvgIpc) is 3.18. The number of nitrogens with zero attached hydrogens (tertiary/aromatic N) is 2. The molecule has 30 heavy (non-hydrogen) atoms. The van der Waals surface area contributed by atoms with E-state index in [4.69, 9.17) is 4.74 Å². The number of carbonyl (C=O) groups excluding carboxylic acids is 2. The molecule has 0 bridgehead atoms. The van der Waals surface area contributed by atoms with Gasteiger partial charge in [-0.15, -0.1) is 11.3 Å². The molecule has 7 heteroatoms. The van der Waals surface area contributed by atoms with Crippen LogP contribution in [0.15, 0.2) is 66.9 Å². The molecule has 150 valence electrons. The number of nitrogens with one attached hydrogen (secondary N) is 1. The van der Waals surface area contributed by atoms with Crippen molar-refractivity contribution in [3.63, 3.8) is 0 Å². The molecule has 2 aromatic heterocycles. The fraction of sp³-hybridized carbons (Fsp3) is 0.130. The van der Waals surface area contributed by atoms with Crippen LogP contribution in [0.25, 0.3) is 20.8 Å². The first-order chi connectivity index (χ1) is 14.5. The van der Waals surface area contributed by atoms with Gasteiger partial charge in [-0.25, -0.2) is 14.8 Å². The summed E-state index contributed by atoms with van der Waals surface area (Å²) < 4.78 is 6.33. The Hall–Kier alpha value is -3.58. The van der Waals surface area contributed by atoms with Gasteiger partial charge >= 0.3 is 5.97 Å². The highest BCUT2D eigenvalue weighted by molar-refractivity contribution is 7.21. The van der Waals surface area contributed by atoms with E-state index < -0.39 is 18.0 Å². The van der Waals surface area contributed by atoms with Crippen LogP contribution in [0, 0.1) is 6.92 Å². The van der Waals surface area contributed by atoms with Gasteiger partial charge in [0.05, 0.1) is 10.2 Å². The van der Waals surface area contributed by atoms with Crippen molar-refractivity contribution in [2.45, 2.75) is 20.0 Å². The van der Waals surface area contributed by atoms with Crippen LogP contribution in [-0.4, -0.2) is 27.9 Å². The smallest absolute Gasteiger partial charge is 0.357 e. The fourth-order valence-corrected chi connectivity index (χ4v) is 3.92. The Balaban J connectivity index is 1.41. The molecule has 0 spiro atoms. The van der Waals surface area contributed by atoms with Crippen LogP contribution in [0.4, 0.5) is 5.69 Å². The second-order valence-corrected chi connectivity index (χ2v) is 7.85. The molecular weight excluding hydrogens is 398 g/mol. The number of fused-ring (bicyclic) bond motifs is 1. The zero-order chi connectivity index (χ0) is 21.1. The molecule has 0 aliphatic heterocycles. The van der Waals surface area contributed by atoms with Gasteiger partial charge in [0.2, 0.25) is 0 Å². The maximum absolute atomic E-state index is 12.4. The third-order valence-corrected chi connectivity index (χ3v) is 5.54. The predicted octanol–water partition coefficient (Wildman–Crippen LogP) is 4.85. The molecular formula is C23H19N3O3S. The third-order valence-electron chi connectivity index (χ3n) is 4.47. The Bertz CT molecular complexity index is 1200. The average molecular weight is 417 g/mol. The number of carbonyl (C=O) groups is 2. The van der Waals surface area contributed by atoms with E-state index in [2.05, 4.69) is 28.3 Å². The Kier molecular flexibility index (Phi) is 5.54. The number of pyridine rings is 1. The van der Waals surface area contributed by atoms with Crippen molar-refractivity contribution < 1.29 is 14.3 Å². The molecule has 0 unspecified atom stereocenters. The summed E-state index contributed by atoms with van der Waals surface area (Å²) in [6.45, 7) is 3.58. The Morgan fingerprint density at radius 2 is 1.87 bits per heavy atom. The van der Waals surface area contributed by atoms with E-state index in [0.717, 1.165) is 20.8 Å². The van der Waals surface area contributed by atoms with Crippen LogP contribution in [0.1, 0.15) is 23.0 Å². The van der Waals surface area contributed by atoms with Gasteiger partial charge in [-0.05, 0) is 67.9 Å². The van der Waals surface area contributed by atoms with E-state index in [0.29, 0.717) is 5.69 Å². The van der Waals surface area contributed by atoms with Gasteiger partial charge in [0.15, 0.2) is 6.10 Å². The number of amides is 1. The van der Waals surface area contributed by atoms with Crippen LogP contribution in [0.3, 0.4) is 0 Å². The zero-order valence-electron chi connectivity index (χ0n) is 16.5. The van der Waals surface area contributed by atoms with Crippen LogP contribution in [-0.2, 0) is 9.53 Å². The number of ether oxygens (including phenoxy) is 1. The number of hydrogen-bond donors (Lipinski definition) is 1. The van der Waals surface area contributed by atoms with Crippen LogP contribution in [0.5, 0.6) is 0 Å². The first-order valence-corrected chi connectivity index (χ1v) is 10.2. The van der Waals surface area contributed by atoms with Gasteiger partial charge in [-0.1, -0.05) is 12.1 Å². The second-order valence-electron chi connectivity index (χ2n) is 6.82. The van der Waals surface area contributed by atoms with Gasteiger partial charge in [-0.3, -0.25) is 4.79 Å². The lowest BCUT2D eigenvalue weighted by Gasteiger charge is -2.13. The minimum Gasteiger partial charge on any atom is -0.448 e. The molecule has 4 aromatic rings. The molecule has 0 radical (unpaired) electrons. The summed E-state index contributed by atoms with van der Waals surface area (Å²) in [4.78, 5) is 33.0. The minimum absolute atomic E-state index is 0.160. The van der Waals surface area contributed by atoms with Gasteiger partial charge in [0, 0.05) is 17.4 Å². The second kappa shape index (κ2) is 8.42. The van der Waals surface area contributed by atoms with Crippen molar-refractivity contribution >= 4 is 39.1 Å². The van der Waals surface area contributed by atoms with E-state index in [1.165, 1.54) is 24.8 Å². The summed E-state index contributed by atoms with van der Waals surface area (Å²) in [6, 6.07) is 18.5. The summed E-state index contributed by atoms with van der Waals surface area (Å²) in [5, 5.41) is 3.68. The third kappa shape index (κ3) is 4.36. The Labute approximate surface area is 177 Å². The van der Waals surface area contributed by atoms with E-state index in [-0.39, 0.29) is 5.69 Å². The molecule has 1 N–H and O–H groups in total. The molecule has 0 fully saturated rings. The van der Waals surface area contributed by atoms with Crippen molar-refractivity contribution in [1.82, 2.24) is 9.97 Å². The van der Waals surface area contributed by atoms with Crippen molar-refractivity contribution in [3.8, 4) is 10.6 Å². The number of esters is 1. The summed E-state index contributed by atoms with van der Waals surface area (Å²) in [5.74, 6) is -1.05. The molecule has 2 aromatic carbocycles.